The summed E-state index contributed by atoms with van der Waals surface area (Å²) in [4.78, 5) is 32.9. The van der Waals surface area contributed by atoms with Crippen molar-refractivity contribution in [1.82, 2.24) is 0 Å². The summed E-state index contributed by atoms with van der Waals surface area (Å²) in [5.41, 5.74) is 5.86. The van der Waals surface area contributed by atoms with Crippen LogP contribution >= 0.6 is 0 Å². The van der Waals surface area contributed by atoms with Crippen LogP contribution in [0, 0.1) is 20.2 Å². The van der Waals surface area contributed by atoms with E-state index >= 15 is 0 Å². The van der Waals surface area contributed by atoms with Gasteiger partial charge in [0.15, 0.2) is 0 Å². The van der Waals surface area contributed by atoms with Gasteiger partial charge >= 0.3 is 5.97 Å². The minimum atomic E-state index is -0.705. The fourth-order valence-electron chi connectivity index (χ4n) is 2.45. The van der Waals surface area contributed by atoms with Gasteiger partial charge < -0.3 is 15.8 Å². The Kier molecular flexibility index (Phi) is 7.40. The van der Waals surface area contributed by atoms with Gasteiger partial charge in [0, 0.05) is 30.0 Å². The number of nitro groups is 2. The molecule has 0 fully saturated rings. The highest BCUT2D eigenvalue weighted by Gasteiger charge is 2.21. The number of esters is 1. The van der Waals surface area contributed by atoms with Gasteiger partial charge in [-0.05, 0) is 50.1 Å². The van der Waals surface area contributed by atoms with Crippen LogP contribution in [-0.2, 0) is 4.79 Å². The Hall–Kier alpha value is -3.53. The lowest BCUT2D eigenvalue weighted by atomic mass is 10.1. The van der Waals surface area contributed by atoms with Crippen LogP contribution in [-0.4, -0.2) is 28.4 Å². The van der Waals surface area contributed by atoms with Crippen molar-refractivity contribution >= 4 is 23.0 Å². The molecule has 10 nitrogen and oxygen atoms in total. The molecule has 10 heteroatoms. The summed E-state index contributed by atoms with van der Waals surface area (Å²) in [7, 11) is 0. The molecule has 0 heterocycles. The zero-order chi connectivity index (χ0) is 20.5. The third kappa shape index (κ3) is 6.02. The predicted molar refractivity (Wildman–Crippen MR) is 102 cm³/mol. The number of hydrogen-bond donors (Lipinski definition) is 2. The van der Waals surface area contributed by atoms with Crippen LogP contribution < -0.4 is 15.8 Å². The molecule has 2 aromatic carbocycles. The molecule has 0 aliphatic heterocycles. The van der Waals surface area contributed by atoms with Crippen LogP contribution in [0.4, 0.5) is 17.1 Å². The summed E-state index contributed by atoms with van der Waals surface area (Å²) in [6, 6.07) is 10.2. The van der Waals surface area contributed by atoms with E-state index in [1.807, 2.05) is 0 Å². The van der Waals surface area contributed by atoms with Gasteiger partial charge in [-0.25, -0.2) is 4.79 Å². The molecule has 0 radical (unpaired) electrons. The molecular weight excluding hydrogens is 368 g/mol. The number of nitrogens with one attached hydrogen (secondary N) is 1. The molecule has 1 atom stereocenters. The third-order valence-electron chi connectivity index (χ3n) is 3.92. The highest BCUT2D eigenvalue weighted by atomic mass is 16.6. The molecule has 0 aromatic heterocycles. The molecule has 0 saturated heterocycles. The number of rotatable bonds is 10. The highest BCUT2D eigenvalue weighted by Crippen LogP contribution is 2.21. The van der Waals surface area contributed by atoms with Gasteiger partial charge in [0.05, 0.1) is 9.85 Å². The van der Waals surface area contributed by atoms with Crippen molar-refractivity contribution in [2.24, 2.45) is 5.73 Å². The minimum absolute atomic E-state index is 0.0568. The number of nitro benzene ring substituents is 2. The lowest BCUT2D eigenvalue weighted by molar-refractivity contribution is -0.385. The maximum absolute atomic E-state index is 12.5. The van der Waals surface area contributed by atoms with Crippen LogP contribution in [0.3, 0.4) is 0 Å². The van der Waals surface area contributed by atoms with Crippen molar-refractivity contribution in [3.63, 3.8) is 0 Å². The quantitative estimate of drug-likeness (QED) is 0.207. The summed E-state index contributed by atoms with van der Waals surface area (Å²) in [5.74, 6) is -0.380. The van der Waals surface area contributed by atoms with Crippen molar-refractivity contribution < 1.29 is 19.4 Å². The topological polar surface area (TPSA) is 151 Å². The Morgan fingerprint density at radius 3 is 2.00 bits per heavy atom. The largest absolute Gasteiger partial charge is 0.425 e. The monoisotopic (exact) mass is 388 g/mol. The first-order valence-corrected chi connectivity index (χ1v) is 8.58. The van der Waals surface area contributed by atoms with Gasteiger partial charge in [0.2, 0.25) is 0 Å². The zero-order valence-electron chi connectivity index (χ0n) is 14.9. The van der Waals surface area contributed by atoms with E-state index in [0.29, 0.717) is 25.1 Å². The molecule has 2 aromatic rings. The smallest absolute Gasteiger partial charge is 0.333 e. The molecule has 28 heavy (non-hydrogen) atoms. The molecule has 3 N–H and O–H groups in total. The number of anilines is 1. The minimum Gasteiger partial charge on any atom is -0.425 e. The summed E-state index contributed by atoms with van der Waals surface area (Å²) >= 11 is 0. The summed E-state index contributed by atoms with van der Waals surface area (Å²) in [6.07, 6.45) is 1.85. The van der Waals surface area contributed by atoms with Crippen molar-refractivity contribution in [1.29, 1.82) is 0 Å². The Bertz CT molecular complexity index is 823. The van der Waals surface area contributed by atoms with Gasteiger partial charge in [-0.15, -0.1) is 0 Å². The van der Waals surface area contributed by atoms with Crippen LogP contribution in [0.15, 0.2) is 48.5 Å². The van der Waals surface area contributed by atoms with Crippen LogP contribution in [0.2, 0.25) is 0 Å². The first-order chi connectivity index (χ1) is 13.4. The number of nitrogens with two attached hydrogens (primary N) is 1. The molecule has 0 aliphatic rings. The lowest BCUT2D eigenvalue weighted by Gasteiger charge is -2.18. The van der Waals surface area contributed by atoms with Gasteiger partial charge in [-0.3, -0.25) is 20.2 Å². The molecule has 0 amide bonds. The Labute approximate surface area is 160 Å². The number of carbonyl (C=O) groups excluding carboxylic acids is 1. The Morgan fingerprint density at radius 2 is 1.50 bits per heavy atom. The van der Waals surface area contributed by atoms with E-state index < -0.39 is 21.9 Å². The first-order valence-electron chi connectivity index (χ1n) is 8.58. The van der Waals surface area contributed by atoms with E-state index in [1.54, 1.807) is 0 Å². The molecule has 1 unspecified atom stereocenters. The van der Waals surface area contributed by atoms with Crippen LogP contribution in [0.5, 0.6) is 5.75 Å². The predicted octanol–water partition coefficient (Wildman–Crippen LogP) is 3.02. The second kappa shape index (κ2) is 9.97. The number of carbonyl (C=O) groups is 1. The Balaban J connectivity index is 2.08. The third-order valence-corrected chi connectivity index (χ3v) is 3.92. The number of ether oxygens (including phenoxy) is 1. The SMILES string of the molecule is NCCCCC(Nc1ccc([N+](=O)[O-])cc1)C(=O)Oc1ccc([N+](=O)[O-])cc1. The fourth-order valence-corrected chi connectivity index (χ4v) is 2.45. The average Bonchev–Trinajstić information content (AvgIpc) is 2.68. The van der Waals surface area contributed by atoms with Gasteiger partial charge in [0.1, 0.15) is 11.8 Å². The maximum Gasteiger partial charge on any atom is 0.333 e. The first kappa shape index (κ1) is 20.8. The fraction of sp³-hybridized carbons (Fsp3) is 0.278. The molecule has 0 spiro atoms. The normalized spacial score (nSPS) is 11.5. The van der Waals surface area contributed by atoms with Crippen LogP contribution in [0.25, 0.3) is 0 Å². The molecule has 0 aliphatic carbocycles. The van der Waals surface area contributed by atoms with E-state index in [2.05, 4.69) is 5.32 Å². The van der Waals surface area contributed by atoms with E-state index in [1.165, 1.54) is 48.5 Å². The van der Waals surface area contributed by atoms with Gasteiger partial charge in [-0.2, -0.15) is 0 Å². The van der Waals surface area contributed by atoms with Crippen molar-refractivity contribution in [3.8, 4) is 5.75 Å². The van der Waals surface area contributed by atoms with Gasteiger partial charge in [0.25, 0.3) is 11.4 Å². The molecule has 0 saturated carbocycles. The Morgan fingerprint density at radius 1 is 0.964 bits per heavy atom. The summed E-state index contributed by atoms with van der Waals surface area (Å²) < 4.78 is 5.31. The number of hydrogen-bond acceptors (Lipinski definition) is 8. The number of non-ortho nitro benzene ring substituents is 2. The second-order valence-corrected chi connectivity index (χ2v) is 5.96. The van der Waals surface area contributed by atoms with Gasteiger partial charge in [-0.1, -0.05) is 0 Å². The van der Waals surface area contributed by atoms with Crippen molar-refractivity contribution in [3.05, 3.63) is 68.8 Å². The average molecular weight is 388 g/mol. The standard InChI is InChI=1S/C18H20N4O6/c19-12-2-1-3-17(20-13-4-6-14(7-5-13)21(24)25)18(23)28-16-10-8-15(9-11-16)22(26)27/h4-11,17,20H,1-3,12,19H2. The second-order valence-electron chi connectivity index (χ2n) is 5.96. The zero-order valence-corrected chi connectivity index (χ0v) is 14.9. The molecule has 148 valence electrons. The van der Waals surface area contributed by atoms with E-state index in [0.717, 1.165) is 6.42 Å². The molecule has 2 rings (SSSR count). The van der Waals surface area contributed by atoms with E-state index in [9.17, 15) is 25.0 Å². The van der Waals surface area contributed by atoms with E-state index in [4.69, 9.17) is 10.5 Å². The highest BCUT2D eigenvalue weighted by molar-refractivity contribution is 5.81. The van der Waals surface area contributed by atoms with Crippen molar-refractivity contribution in [2.75, 3.05) is 11.9 Å². The molecular formula is C18H20N4O6. The number of nitrogens with zero attached hydrogens (tertiary/aromatic N) is 2. The van der Waals surface area contributed by atoms with Crippen LogP contribution in [0.1, 0.15) is 19.3 Å². The lowest BCUT2D eigenvalue weighted by Crippen LogP contribution is -2.33. The van der Waals surface area contributed by atoms with Crippen molar-refractivity contribution in [2.45, 2.75) is 25.3 Å². The molecule has 0 bridgehead atoms. The van der Waals surface area contributed by atoms with E-state index in [-0.39, 0.29) is 17.1 Å². The summed E-state index contributed by atoms with van der Waals surface area (Å²) in [6.45, 7) is 0.488. The maximum atomic E-state index is 12.5. The summed E-state index contributed by atoms with van der Waals surface area (Å²) in [5, 5.41) is 24.4. The number of benzene rings is 2. The number of unbranched alkanes of at least 4 members (excludes halogenated alkanes) is 1.